The van der Waals surface area contributed by atoms with Gasteiger partial charge in [-0.25, -0.2) is 15.0 Å². The van der Waals surface area contributed by atoms with Crippen molar-refractivity contribution < 1.29 is 5.11 Å². The van der Waals surface area contributed by atoms with Crippen molar-refractivity contribution in [1.82, 2.24) is 19.9 Å². The zero-order valence-corrected chi connectivity index (χ0v) is 11.1. The van der Waals surface area contributed by atoms with Crippen LogP contribution in [0, 0.1) is 0 Å². The van der Waals surface area contributed by atoms with Gasteiger partial charge in [0.2, 0.25) is 5.88 Å². The highest BCUT2D eigenvalue weighted by atomic mass is 35.5. The van der Waals surface area contributed by atoms with Gasteiger partial charge in [-0.2, -0.15) is 4.98 Å². The Bertz CT molecular complexity index is 683. The molecule has 0 unspecified atom stereocenters. The lowest BCUT2D eigenvalue weighted by atomic mass is 10.3. The van der Waals surface area contributed by atoms with Gasteiger partial charge in [0.1, 0.15) is 5.15 Å². The van der Waals surface area contributed by atoms with Crippen LogP contribution in [0.4, 0.5) is 0 Å². The number of hydrogen-bond donors (Lipinski definition) is 1. The minimum absolute atomic E-state index is 0.116. The number of aromatic nitrogens is 4. The SMILES string of the molecule is Oc1cc(-c2cscn2)nc(-c2nc(Cl)cs2)n1. The molecule has 0 spiro atoms. The molecule has 0 aliphatic heterocycles. The summed E-state index contributed by atoms with van der Waals surface area (Å²) in [5, 5.41) is 14.1. The van der Waals surface area contributed by atoms with Gasteiger partial charge in [-0.3, -0.25) is 0 Å². The van der Waals surface area contributed by atoms with Crippen LogP contribution >= 0.6 is 34.3 Å². The van der Waals surface area contributed by atoms with Crippen molar-refractivity contribution in [3.63, 3.8) is 0 Å². The number of halogens is 1. The molecule has 1 N–H and O–H groups in total. The summed E-state index contributed by atoms with van der Waals surface area (Å²) < 4.78 is 0. The molecule has 90 valence electrons. The lowest BCUT2D eigenvalue weighted by Crippen LogP contribution is -1.92. The topological polar surface area (TPSA) is 71.8 Å². The molecule has 3 aromatic heterocycles. The van der Waals surface area contributed by atoms with E-state index in [0.717, 1.165) is 0 Å². The highest BCUT2D eigenvalue weighted by Crippen LogP contribution is 2.27. The van der Waals surface area contributed by atoms with Crippen LogP contribution in [-0.4, -0.2) is 25.0 Å². The van der Waals surface area contributed by atoms with Gasteiger partial charge in [0.05, 0.1) is 16.9 Å². The van der Waals surface area contributed by atoms with Gasteiger partial charge in [-0.15, -0.1) is 22.7 Å². The number of aromatic hydroxyl groups is 1. The third kappa shape index (κ3) is 2.20. The molecule has 0 radical (unpaired) electrons. The van der Waals surface area contributed by atoms with Gasteiger partial charge >= 0.3 is 0 Å². The zero-order valence-electron chi connectivity index (χ0n) is 8.74. The minimum atomic E-state index is -0.116. The Balaban J connectivity index is 2.11. The summed E-state index contributed by atoms with van der Waals surface area (Å²) in [6, 6.07) is 1.47. The Morgan fingerprint density at radius 3 is 2.67 bits per heavy atom. The summed E-state index contributed by atoms with van der Waals surface area (Å²) >= 11 is 8.54. The minimum Gasteiger partial charge on any atom is -0.493 e. The number of hydrogen-bond acceptors (Lipinski definition) is 7. The maximum Gasteiger partial charge on any atom is 0.215 e. The van der Waals surface area contributed by atoms with Crippen LogP contribution in [0.3, 0.4) is 0 Å². The average molecular weight is 297 g/mol. The van der Waals surface area contributed by atoms with Crippen LogP contribution in [-0.2, 0) is 0 Å². The molecule has 0 saturated carbocycles. The first-order valence-corrected chi connectivity index (χ1v) is 7.00. The number of nitrogens with zero attached hydrogens (tertiary/aromatic N) is 4. The van der Waals surface area contributed by atoms with Crippen molar-refractivity contribution in [3.05, 3.63) is 27.5 Å². The van der Waals surface area contributed by atoms with E-state index in [1.165, 1.54) is 28.7 Å². The van der Waals surface area contributed by atoms with E-state index in [1.54, 1.807) is 10.9 Å². The van der Waals surface area contributed by atoms with Crippen LogP contribution < -0.4 is 0 Å². The normalized spacial score (nSPS) is 10.7. The summed E-state index contributed by atoms with van der Waals surface area (Å²) in [6.45, 7) is 0. The molecule has 0 fully saturated rings. The van der Waals surface area contributed by atoms with Crippen LogP contribution in [0.1, 0.15) is 0 Å². The summed E-state index contributed by atoms with van der Waals surface area (Å²) in [6.07, 6.45) is 0. The Kier molecular flexibility index (Phi) is 2.94. The Hall–Kier alpha value is -1.57. The fraction of sp³-hybridized carbons (Fsp3) is 0. The highest BCUT2D eigenvalue weighted by molar-refractivity contribution is 7.13. The van der Waals surface area contributed by atoms with Crippen LogP contribution in [0.25, 0.3) is 22.2 Å². The second-order valence-electron chi connectivity index (χ2n) is 3.28. The predicted molar refractivity (Wildman–Crippen MR) is 70.9 cm³/mol. The zero-order chi connectivity index (χ0) is 12.5. The highest BCUT2D eigenvalue weighted by Gasteiger charge is 2.12. The molecular weight excluding hydrogens is 292 g/mol. The van der Waals surface area contributed by atoms with E-state index >= 15 is 0 Å². The average Bonchev–Trinajstić information content (AvgIpc) is 2.98. The van der Waals surface area contributed by atoms with Crippen LogP contribution in [0.15, 0.2) is 22.3 Å². The van der Waals surface area contributed by atoms with Crippen LogP contribution in [0.5, 0.6) is 5.88 Å². The van der Waals surface area contributed by atoms with Crippen LogP contribution in [0.2, 0.25) is 5.15 Å². The molecular formula is C10H5ClN4OS2. The quantitative estimate of drug-likeness (QED) is 0.787. The maximum absolute atomic E-state index is 9.63. The van der Waals surface area contributed by atoms with E-state index < -0.39 is 0 Å². The van der Waals surface area contributed by atoms with Crippen molar-refractivity contribution in [2.24, 2.45) is 0 Å². The Morgan fingerprint density at radius 2 is 2.00 bits per heavy atom. The van der Waals surface area contributed by atoms with Gasteiger partial charge in [0, 0.05) is 16.8 Å². The van der Waals surface area contributed by atoms with Crippen molar-refractivity contribution >= 4 is 34.3 Å². The molecule has 18 heavy (non-hydrogen) atoms. The first-order chi connectivity index (χ1) is 8.72. The fourth-order valence-electron chi connectivity index (χ4n) is 1.36. The molecule has 0 atom stereocenters. The van der Waals surface area contributed by atoms with E-state index in [2.05, 4.69) is 19.9 Å². The third-order valence-electron chi connectivity index (χ3n) is 2.07. The lowest BCUT2D eigenvalue weighted by molar-refractivity contribution is 0.453. The monoisotopic (exact) mass is 296 g/mol. The molecule has 3 heterocycles. The summed E-state index contributed by atoms with van der Waals surface area (Å²) in [7, 11) is 0. The summed E-state index contributed by atoms with van der Waals surface area (Å²) in [5.74, 6) is 0.226. The van der Waals surface area contributed by atoms with Crippen molar-refractivity contribution in [1.29, 1.82) is 0 Å². The standard InChI is InChI=1S/C10H5ClN4OS2/c11-7-3-18-10(14-7)9-13-5(1-8(16)15-9)6-2-17-4-12-6/h1-4H,(H,13,15,16). The van der Waals surface area contributed by atoms with Gasteiger partial charge in [0.15, 0.2) is 10.8 Å². The van der Waals surface area contributed by atoms with E-state index in [9.17, 15) is 5.11 Å². The first-order valence-electron chi connectivity index (χ1n) is 4.80. The summed E-state index contributed by atoms with van der Waals surface area (Å²) in [5.41, 5.74) is 2.96. The van der Waals surface area contributed by atoms with Gasteiger partial charge in [0.25, 0.3) is 0 Å². The molecule has 0 amide bonds. The molecule has 3 aromatic rings. The lowest BCUT2D eigenvalue weighted by Gasteiger charge is -2.00. The molecule has 3 rings (SSSR count). The van der Waals surface area contributed by atoms with E-state index in [0.29, 0.717) is 27.4 Å². The largest absolute Gasteiger partial charge is 0.493 e. The van der Waals surface area contributed by atoms with Crippen molar-refractivity contribution in [2.45, 2.75) is 0 Å². The number of rotatable bonds is 2. The summed E-state index contributed by atoms with van der Waals surface area (Å²) in [4.78, 5) is 16.5. The predicted octanol–water partition coefficient (Wildman–Crippen LogP) is 3.08. The molecule has 5 nitrogen and oxygen atoms in total. The van der Waals surface area contributed by atoms with E-state index in [4.69, 9.17) is 11.6 Å². The smallest absolute Gasteiger partial charge is 0.215 e. The second-order valence-corrected chi connectivity index (χ2v) is 5.25. The maximum atomic E-state index is 9.63. The second kappa shape index (κ2) is 4.60. The molecule has 0 bridgehead atoms. The van der Waals surface area contributed by atoms with Crippen molar-refractivity contribution in [3.8, 4) is 28.1 Å². The third-order valence-corrected chi connectivity index (χ3v) is 3.82. The Labute approximate surface area is 115 Å². The Morgan fingerprint density at radius 1 is 1.11 bits per heavy atom. The van der Waals surface area contributed by atoms with E-state index in [1.807, 2.05) is 5.38 Å². The van der Waals surface area contributed by atoms with Gasteiger partial charge < -0.3 is 5.11 Å². The molecule has 0 aliphatic carbocycles. The molecule has 0 aromatic carbocycles. The molecule has 8 heteroatoms. The van der Waals surface area contributed by atoms with E-state index in [-0.39, 0.29) is 5.88 Å². The van der Waals surface area contributed by atoms with Gasteiger partial charge in [-0.05, 0) is 0 Å². The number of thiazole rings is 2. The fourth-order valence-corrected chi connectivity index (χ4v) is 2.78. The molecule has 0 aliphatic rings. The first kappa shape index (κ1) is 11.5. The van der Waals surface area contributed by atoms with Crippen molar-refractivity contribution in [2.75, 3.05) is 0 Å². The molecule has 0 saturated heterocycles. The van der Waals surface area contributed by atoms with Gasteiger partial charge in [-0.1, -0.05) is 11.6 Å².